The molecule has 6 atom stereocenters. The van der Waals surface area contributed by atoms with Crippen LogP contribution in [0.1, 0.15) is 27.7 Å². The lowest BCUT2D eigenvalue weighted by Crippen LogP contribution is -2.55. The van der Waals surface area contributed by atoms with Crippen LogP contribution in [0.4, 0.5) is 0 Å². The fourth-order valence-electron chi connectivity index (χ4n) is 3.96. The molecule has 1 aromatic carbocycles. The predicted octanol–water partition coefficient (Wildman–Crippen LogP) is 1.99. The molecule has 0 amide bonds. The SMILES string of the molecule is COc1ccc(P2(=O)O[C@H]([C@H]3COC(C)(C)O3)[C@@H]3OC(C)(C)O[C@@H]3[C@@H]2O)cc1. The molecule has 3 aliphatic rings. The van der Waals surface area contributed by atoms with Gasteiger partial charge in [-0.25, -0.2) is 0 Å². The minimum absolute atomic E-state index is 0.267. The van der Waals surface area contributed by atoms with E-state index in [0.717, 1.165) is 0 Å². The van der Waals surface area contributed by atoms with Crippen molar-refractivity contribution in [2.75, 3.05) is 13.7 Å². The minimum atomic E-state index is -3.70. The van der Waals surface area contributed by atoms with Crippen LogP contribution in [0, 0.1) is 0 Å². The van der Waals surface area contributed by atoms with Crippen LogP contribution in [-0.2, 0) is 28.0 Å². The quantitative estimate of drug-likeness (QED) is 0.751. The molecule has 3 aliphatic heterocycles. The maximum atomic E-state index is 13.9. The molecule has 0 aliphatic carbocycles. The maximum absolute atomic E-state index is 13.9. The largest absolute Gasteiger partial charge is 0.497 e. The Bertz CT molecular complexity index is 777. The molecular weight excluding hydrogens is 387 g/mol. The van der Waals surface area contributed by atoms with E-state index < -0.39 is 49.2 Å². The second-order valence-electron chi connectivity index (χ2n) is 8.21. The van der Waals surface area contributed by atoms with Gasteiger partial charge in [-0.2, -0.15) is 0 Å². The average Bonchev–Trinajstić information content (AvgIpc) is 3.16. The van der Waals surface area contributed by atoms with E-state index in [0.29, 0.717) is 11.1 Å². The lowest BCUT2D eigenvalue weighted by Gasteiger charge is -2.41. The lowest BCUT2D eigenvalue weighted by atomic mass is 10.0. The van der Waals surface area contributed by atoms with Gasteiger partial charge in [0.05, 0.1) is 13.7 Å². The summed E-state index contributed by atoms with van der Waals surface area (Å²) in [5.74, 6) is -2.47. The van der Waals surface area contributed by atoms with Crippen molar-refractivity contribution in [3.05, 3.63) is 24.3 Å². The predicted molar refractivity (Wildman–Crippen MR) is 99.8 cm³/mol. The molecule has 0 aromatic heterocycles. The van der Waals surface area contributed by atoms with Gasteiger partial charge >= 0.3 is 0 Å². The third kappa shape index (κ3) is 3.41. The number of fused-ring (bicyclic) bond motifs is 1. The second kappa shape index (κ2) is 6.77. The molecular formula is C19H27O8P. The lowest BCUT2D eigenvalue weighted by molar-refractivity contribution is -0.174. The van der Waals surface area contributed by atoms with Crippen LogP contribution in [-0.4, -0.2) is 60.7 Å². The summed E-state index contributed by atoms with van der Waals surface area (Å²) in [6.07, 6.45) is -2.66. The molecule has 1 aromatic rings. The highest BCUT2D eigenvalue weighted by molar-refractivity contribution is 7.67. The molecule has 28 heavy (non-hydrogen) atoms. The van der Waals surface area contributed by atoms with Gasteiger partial charge in [-0.05, 0) is 52.0 Å². The van der Waals surface area contributed by atoms with Crippen molar-refractivity contribution >= 4 is 12.7 Å². The van der Waals surface area contributed by atoms with Crippen LogP contribution in [0.5, 0.6) is 5.75 Å². The van der Waals surface area contributed by atoms with Gasteiger partial charge in [0.25, 0.3) is 7.37 Å². The molecule has 9 heteroatoms. The van der Waals surface area contributed by atoms with E-state index in [4.69, 9.17) is 28.2 Å². The van der Waals surface area contributed by atoms with E-state index >= 15 is 0 Å². The van der Waals surface area contributed by atoms with Crippen molar-refractivity contribution in [3.63, 3.8) is 0 Å². The average molecular weight is 414 g/mol. The highest BCUT2D eigenvalue weighted by Crippen LogP contribution is 2.60. The fraction of sp³-hybridized carbons (Fsp3) is 0.684. The smallest absolute Gasteiger partial charge is 0.262 e. The zero-order valence-electron chi connectivity index (χ0n) is 16.7. The number of ether oxygens (including phenoxy) is 5. The molecule has 1 unspecified atom stereocenters. The fourth-order valence-corrected chi connectivity index (χ4v) is 6.31. The molecule has 1 N–H and O–H groups in total. The zero-order valence-corrected chi connectivity index (χ0v) is 17.5. The summed E-state index contributed by atoms with van der Waals surface area (Å²) < 4.78 is 48.7. The summed E-state index contributed by atoms with van der Waals surface area (Å²) in [7, 11) is -2.15. The second-order valence-corrected chi connectivity index (χ2v) is 10.7. The highest BCUT2D eigenvalue weighted by Gasteiger charge is 2.62. The van der Waals surface area contributed by atoms with Crippen LogP contribution in [0.25, 0.3) is 0 Å². The van der Waals surface area contributed by atoms with Crippen molar-refractivity contribution in [1.82, 2.24) is 0 Å². The van der Waals surface area contributed by atoms with E-state index in [1.54, 1.807) is 59.1 Å². The molecule has 0 radical (unpaired) electrons. The number of benzene rings is 1. The minimum Gasteiger partial charge on any atom is -0.497 e. The van der Waals surface area contributed by atoms with E-state index in [9.17, 15) is 9.67 Å². The Morgan fingerprint density at radius 3 is 2.21 bits per heavy atom. The molecule has 8 nitrogen and oxygen atoms in total. The molecule has 3 heterocycles. The van der Waals surface area contributed by atoms with E-state index in [-0.39, 0.29) is 6.61 Å². The van der Waals surface area contributed by atoms with Crippen LogP contribution >= 0.6 is 7.37 Å². The Hall–Kier alpha value is -0.990. The van der Waals surface area contributed by atoms with E-state index in [1.165, 1.54) is 0 Å². The summed E-state index contributed by atoms with van der Waals surface area (Å²) in [5.41, 5.74) is 0. The summed E-state index contributed by atoms with van der Waals surface area (Å²) >= 11 is 0. The number of methoxy groups -OCH3 is 1. The topological polar surface area (TPSA) is 92.7 Å². The molecule has 156 valence electrons. The summed E-state index contributed by atoms with van der Waals surface area (Å²) in [6.45, 7) is 7.39. The van der Waals surface area contributed by atoms with Crippen molar-refractivity contribution < 1.29 is 37.9 Å². The normalized spacial score (nSPS) is 41.6. The molecule has 3 saturated heterocycles. The number of rotatable bonds is 3. The van der Waals surface area contributed by atoms with E-state index in [1.807, 2.05) is 0 Å². The van der Waals surface area contributed by atoms with Crippen molar-refractivity contribution in [2.45, 2.75) is 69.5 Å². The Morgan fingerprint density at radius 1 is 1.00 bits per heavy atom. The van der Waals surface area contributed by atoms with Crippen molar-refractivity contribution in [1.29, 1.82) is 0 Å². The van der Waals surface area contributed by atoms with Gasteiger partial charge in [0.2, 0.25) is 0 Å². The zero-order chi connectivity index (χ0) is 20.3. The first-order chi connectivity index (χ1) is 13.0. The Balaban J connectivity index is 1.71. The Kier molecular flexibility index (Phi) is 4.91. The summed E-state index contributed by atoms with van der Waals surface area (Å²) in [6, 6.07) is 6.63. The molecule has 3 fully saturated rings. The van der Waals surface area contributed by atoms with Gasteiger partial charge < -0.3 is 33.3 Å². The Morgan fingerprint density at radius 2 is 1.64 bits per heavy atom. The molecule has 0 spiro atoms. The molecule has 0 saturated carbocycles. The van der Waals surface area contributed by atoms with Gasteiger partial charge in [-0.1, -0.05) is 0 Å². The van der Waals surface area contributed by atoms with E-state index in [2.05, 4.69) is 0 Å². The number of hydrogen-bond donors (Lipinski definition) is 1. The van der Waals surface area contributed by atoms with Crippen LogP contribution in [0.15, 0.2) is 24.3 Å². The van der Waals surface area contributed by atoms with Gasteiger partial charge in [0.15, 0.2) is 17.4 Å². The highest BCUT2D eigenvalue weighted by atomic mass is 31.2. The monoisotopic (exact) mass is 414 g/mol. The van der Waals surface area contributed by atoms with Gasteiger partial charge in [0.1, 0.15) is 30.2 Å². The molecule has 4 rings (SSSR count). The van der Waals surface area contributed by atoms with Gasteiger partial charge in [0, 0.05) is 5.30 Å². The maximum Gasteiger partial charge on any atom is 0.262 e. The summed E-state index contributed by atoms with van der Waals surface area (Å²) in [5, 5.41) is 11.4. The first-order valence-corrected chi connectivity index (χ1v) is 11.0. The third-order valence-electron chi connectivity index (χ3n) is 5.24. The Labute approximate surface area is 164 Å². The van der Waals surface area contributed by atoms with Gasteiger partial charge in [-0.3, -0.25) is 4.57 Å². The van der Waals surface area contributed by atoms with Crippen LogP contribution < -0.4 is 10.0 Å². The standard InChI is InChI=1S/C19H27O8P/c1-18(2)23-10-13(24-18)14-15-16(26-19(3,4)25-15)17(20)28(21,27-14)12-8-6-11(22-5)7-9-12/h6-9,13-17,20H,10H2,1-5H3/t13-,14-,15+,16+,17-,28?/m1/s1. The number of hydrogen-bond acceptors (Lipinski definition) is 8. The van der Waals surface area contributed by atoms with Crippen LogP contribution in [0.3, 0.4) is 0 Å². The summed E-state index contributed by atoms with van der Waals surface area (Å²) in [4.78, 5) is 0. The number of aliphatic hydroxyl groups is 1. The van der Waals surface area contributed by atoms with Gasteiger partial charge in [-0.15, -0.1) is 0 Å². The number of aliphatic hydroxyl groups excluding tert-OH is 1. The van der Waals surface area contributed by atoms with Crippen LogP contribution in [0.2, 0.25) is 0 Å². The third-order valence-corrected chi connectivity index (χ3v) is 7.80. The first-order valence-electron chi connectivity index (χ1n) is 9.33. The first kappa shape index (κ1) is 20.3. The van der Waals surface area contributed by atoms with Crippen molar-refractivity contribution in [3.8, 4) is 5.75 Å². The van der Waals surface area contributed by atoms with Crippen molar-refractivity contribution in [2.24, 2.45) is 0 Å². The molecule has 0 bridgehead atoms.